The third kappa shape index (κ3) is 5.70. The van der Waals surface area contributed by atoms with E-state index in [1.54, 1.807) is 6.92 Å². The quantitative estimate of drug-likeness (QED) is 0.759. The molecule has 0 aromatic heterocycles. The Balaban J connectivity index is 0.00000256. The zero-order valence-corrected chi connectivity index (χ0v) is 11.6. The first-order chi connectivity index (χ1) is 7.57. The third-order valence-electron chi connectivity index (χ3n) is 3.44. The molecular weight excluding hydrogens is 240 g/mol. The Morgan fingerprint density at radius 2 is 1.88 bits per heavy atom. The van der Waals surface area contributed by atoms with E-state index in [1.807, 2.05) is 0 Å². The van der Waals surface area contributed by atoms with Gasteiger partial charge in [-0.05, 0) is 19.8 Å². The molecule has 1 saturated carbocycles. The average Bonchev–Trinajstić information content (AvgIpc) is 2.50. The van der Waals surface area contributed by atoms with Crippen molar-refractivity contribution in [3.63, 3.8) is 0 Å². The fraction of sp³-hybridized carbons (Fsp3) is 0.917. The van der Waals surface area contributed by atoms with E-state index >= 15 is 0 Å². The molecule has 0 bridgehead atoms. The molecule has 0 heterocycles. The van der Waals surface area contributed by atoms with Crippen LogP contribution in [0.25, 0.3) is 0 Å². The van der Waals surface area contributed by atoms with E-state index in [1.165, 1.54) is 32.8 Å². The summed E-state index contributed by atoms with van der Waals surface area (Å²) in [6.07, 6.45) is 6.50. The molecule has 1 aliphatic carbocycles. The summed E-state index contributed by atoms with van der Waals surface area (Å²) in [6.45, 7) is 2.31. The molecule has 5 heteroatoms. The van der Waals surface area contributed by atoms with Crippen molar-refractivity contribution in [2.24, 2.45) is 5.73 Å². The van der Waals surface area contributed by atoms with Crippen LogP contribution in [0.15, 0.2) is 0 Å². The van der Waals surface area contributed by atoms with Gasteiger partial charge in [-0.3, -0.25) is 4.79 Å². The molecule has 4 nitrogen and oxygen atoms in total. The smallest absolute Gasteiger partial charge is 0.248 e. The highest BCUT2D eigenvalue weighted by molar-refractivity contribution is 5.85. The summed E-state index contributed by atoms with van der Waals surface area (Å²) < 4.78 is 4.96. The van der Waals surface area contributed by atoms with Crippen LogP contribution in [0.4, 0.5) is 0 Å². The number of hydrogen-bond donors (Lipinski definition) is 2. The number of amides is 1. The number of carbonyl (C=O) groups excluding carboxylic acids is 1. The summed E-state index contributed by atoms with van der Waals surface area (Å²) in [6, 6.07) is 0. The van der Waals surface area contributed by atoms with Crippen molar-refractivity contribution in [1.29, 1.82) is 0 Å². The van der Waals surface area contributed by atoms with Crippen LogP contribution in [0.1, 0.15) is 45.4 Å². The normalized spacial score (nSPS) is 20.9. The van der Waals surface area contributed by atoms with Gasteiger partial charge in [0.25, 0.3) is 0 Å². The number of carbonyl (C=O) groups is 1. The maximum atomic E-state index is 11.6. The standard InChI is InChI=1S/C12H24N2O2.ClH/c1-10(16-2)11(15)14-9-12(13)7-5-3-4-6-8-12;/h10H,3-9,13H2,1-2H3,(H,14,15);1H. The molecule has 1 atom stereocenters. The first-order valence-electron chi connectivity index (χ1n) is 6.17. The number of ether oxygens (including phenoxy) is 1. The van der Waals surface area contributed by atoms with Crippen LogP contribution in [0, 0.1) is 0 Å². The van der Waals surface area contributed by atoms with Gasteiger partial charge in [0.1, 0.15) is 6.10 Å². The van der Waals surface area contributed by atoms with Crippen LogP contribution < -0.4 is 11.1 Å². The fourth-order valence-corrected chi connectivity index (χ4v) is 2.12. The van der Waals surface area contributed by atoms with Gasteiger partial charge in [-0.15, -0.1) is 12.4 Å². The van der Waals surface area contributed by atoms with E-state index in [-0.39, 0.29) is 23.9 Å². The van der Waals surface area contributed by atoms with Gasteiger partial charge in [0, 0.05) is 19.2 Å². The first-order valence-corrected chi connectivity index (χ1v) is 6.17. The number of rotatable bonds is 4. The molecule has 3 N–H and O–H groups in total. The van der Waals surface area contributed by atoms with Crippen LogP contribution in [-0.4, -0.2) is 31.2 Å². The van der Waals surface area contributed by atoms with E-state index in [0.717, 1.165) is 12.8 Å². The van der Waals surface area contributed by atoms with Crippen molar-refractivity contribution in [3.05, 3.63) is 0 Å². The van der Waals surface area contributed by atoms with Gasteiger partial charge in [0.05, 0.1) is 0 Å². The number of halogens is 1. The minimum Gasteiger partial charge on any atom is -0.372 e. The third-order valence-corrected chi connectivity index (χ3v) is 3.44. The minimum absolute atomic E-state index is 0. The molecular formula is C12H25ClN2O2. The number of methoxy groups -OCH3 is 1. The molecule has 1 amide bonds. The monoisotopic (exact) mass is 264 g/mol. The predicted octanol–water partition coefficient (Wildman–Crippen LogP) is 1.61. The van der Waals surface area contributed by atoms with Crippen LogP contribution in [0.2, 0.25) is 0 Å². The molecule has 1 aliphatic rings. The number of nitrogens with two attached hydrogens (primary N) is 1. The van der Waals surface area contributed by atoms with Crippen molar-refractivity contribution in [2.45, 2.75) is 57.1 Å². The lowest BCUT2D eigenvalue weighted by atomic mass is 9.91. The Hall–Kier alpha value is -0.320. The largest absolute Gasteiger partial charge is 0.372 e. The molecule has 0 aromatic carbocycles. The van der Waals surface area contributed by atoms with Gasteiger partial charge in [-0.2, -0.15) is 0 Å². The van der Waals surface area contributed by atoms with Crippen molar-refractivity contribution >= 4 is 18.3 Å². The van der Waals surface area contributed by atoms with E-state index in [4.69, 9.17) is 10.5 Å². The molecule has 0 aliphatic heterocycles. The molecule has 0 aromatic rings. The molecule has 1 fully saturated rings. The Morgan fingerprint density at radius 1 is 1.35 bits per heavy atom. The number of hydrogen-bond acceptors (Lipinski definition) is 3. The van der Waals surface area contributed by atoms with Gasteiger partial charge < -0.3 is 15.8 Å². The lowest BCUT2D eigenvalue weighted by Crippen LogP contribution is -2.51. The minimum atomic E-state index is -0.394. The van der Waals surface area contributed by atoms with Gasteiger partial charge >= 0.3 is 0 Å². The molecule has 1 unspecified atom stereocenters. The van der Waals surface area contributed by atoms with Crippen LogP contribution in [0.3, 0.4) is 0 Å². The second kappa shape index (κ2) is 7.90. The zero-order chi connectivity index (χ0) is 12.0. The average molecular weight is 265 g/mol. The molecule has 0 saturated heterocycles. The molecule has 1 rings (SSSR count). The highest BCUT2D eigenvalue weighted by atomic mass is 35.5. The van der Waals surface area contributed by atoms with Crippen LogP contribution >= 0.6 is 12.4 Å². The Morgan fingerprint density at radius 3 is 2.35 bits per heavy atom. The second-order valence-electron chi connectivity index (χ2n) is 4.87. The highest BCUT2D eigenvalue weighted by Crippen LogP contribution is 2.24. The van der Waals surface area contributed by atoms with Crippen LogP contribution in [0.5, 0.6) is 0 Å². The van der Waals surface area contributed by atoms with E-state index in [0.29, 0.717) is 6.54 Å². The van der Waals surface area contributed by atoms with Gasteiger partial charge in [-0.25, -0.2) is 0 Å². The molecule has 102 valence electrons. The zero-order valence-electron chi connectivity index (χ0n) is 10.8. The fourth-order valence-electron chi connectivity index (χ4n) is 2.12. The van der Waals surface area contributed by atoms with Gasteiger partial charge in [0.2, 0.25) is 5.91 Å². The topological polar surface area (TPSA) is 64.3 Å². The number of nitrogens with one attached hydrogen (secondary N) is 1. The second-order valence-corrected chi connectivity index (χ2v) is 4.87. The lowest BCUT2D eigenvalue weighted by molar-refractivity contribution is -0.130. The summed E-state index contributed by atoms with van der Waals surface area (Å²) >= 11 is 0. The van der Waals surface area contributed by atoms with Crippen molar-refractivity contribution in [3.8, 4) is 0 Å². The van der Waals surface area contributed by atoms with E-state index in [9.17, 15) is 4.79 Å². The first kappa shape index (κ1) is 16.7. The summed E-state index contributed by atoms with van der Waals surface area (Å²) in [5.74, 6) is -0.0726. The van der Waals surface area contributed by atoms with Crippen molar-refractivity contribution in [2.75, 3.05) is 13.7 Å². The van der Waals surface area contributed by atoms with Gasteiger partial charge in [0.15, 0.2) is 0 Å². The Labute approximate surface area is 110 Å². The van der Waals surface area contributed by atoms with Gasteiger partial charge in [-0.1, -0.05) is 25.7 Å². The molecule has 0 radical (unpaired) electrons. The SMILES string of the molecule is COC(C)C(=O)NCC1(N)CCCCCC1.Cl. The highest BCUT2D eigenvalue weighted by Gasteiger charge is 2.27. The molecule has 0 spiro atoms. The summed E-state index contributed by atoms with van der Waals surface area (Å²) in [7, 11) is 1.54. The van der Waals surface area contributed by atoms with Crippen LogP contribution in [-0.2, 0) is 9.53 Å². The summed E-state index contributed by atoms with van der Waals surface area (Å²) in [5, 5.41) is 2.88. The summed E-state index contributed by atoms with van der Waals surface area (Å²) in [5.41, 5.74) is 6.08. The van der Waals surface area contributed by atoms with E-state index < -0.39 is 6.10 Å². The lowest BCUT2D eigenvalue weighted by Gasteiger charge is -2.28. The molecule has 17 heavy (non-hydrogen) atoms. The van der Waals surface area contributed by atoms with Crippen molar-refractivity contribution in [1.82, 2.24) is 5.32 Å². The predicted molar refractivity (Wildman–Crippen MR) is 71.3 cm³/mol. The van der Waals surface area contributed by atoms with Crippen molar-refractivity contribution < 1.29 is 9.53 Å². The van der Waals surface area contributed by atoms with E-state index in [2.05, 4.69) is 5.32 Å². The Kier molecular flexibility index (Phi) is 7.75. The Bertz CT molecular complexity index is 229. The summed E-state index contributed by atoms with van der Waals surface area (Å²) in [4.78, 5) is 11.6. The maximum absolute atomic E-state index is 11.6. The maximum Gasteiger partial charge on any atom is 0.248 e.